The fraction of sp³-hybridized carbons (Fsp3) is 0.350. The van der Waals surface area contributed by atoms with Gasteiger partial charge in [0.25, 0.3) is 5.91 Å². The first kappa shape index (κ1) is 20.9. The number of aromatic nitrogens is 3. The lowest BCUT2D eigenvalue weighted by Crippen LogP contribution is -2.32. The Morgan fingerprint density at radius 3 is 2.23 bits per heavy atom. The highest BCUT2D eigenvalue weighted by molar-refractivity contribution is 6.36. The summed E-state index contributed by atoms with van der Waals surface area (Å²) in [6, 6.07) is 7.13. The topological polar surface area (TPSA) is 50.5 Å². The van der Waals surface area contributed by atoms with Crippen molar-refractivity contribution in [2.24, 2.45) is 0 Å². The molecule has 1 fully saturated rings. The van der Waals surface area contributed by atoms with Crippen molar-refractivity contribution in [1.29, 1.82) is 0 Å². The van der Waals surface area contributed by atoms with Crippen molar-refractivity contribution in [3.8, 4) is 11.3 Å². The van der Waals surface area contributed by atoms with E-state index in [1.54, 1.807) is 29.2 Å². The molecule has 0 N–H and O–H groups in total. The SMILES string of the molecule is O=C(c1nn2c(C(F)(F)F)cc(-c3ccc(Cl)cc3)nc2c1Cl)N1CCCCCC1. The lowest BCUT2D eigenvalue weighted by Gasteiger charge is -2.18. The number of rotatable bonds is 2. The van der Waals surface area contributed by atoms with Gasteiger partial charge in [-0.15, -0.1) is 0 Å². The zero-order valence-corrected chi connectivity index (χ0v) is 17.2. The van der Waals surface area contributed by atoms with Gasteiger partial charge in [0.15, 0.2) is 17.0 Å². The first-order valence-corrected chi connectivity index (χ1v) is 10.2. The molecule has 0 aliphatic carbocycles. The molecule has 1 aliphatic rings. The maximum atomic E-state index is 13.8. The highest BCUT2D eigenvalue weighted by Crippen LogP contribution is 2.35. The van der Waals surface area contributed by atoms with Gasteiger partial charge in [0.2, 0.25) is 0 Å². The molecule has 158 valence electrons. The van der Waals surface area contributed by atoms with Crippen molar-refractivity contribution in [2.45, 2.75) is 31.9 Å². The van der Waals surface area contributed by atoms with Crippen molar-refractivity contribution >= 4 is 34.8 Å². The second kappa shape index (κ2) is 8.07. The standard InChI is InChI=1S/C20H17Cl2F3N4O/c21-13-7-5-12(6-8-13)14-11-15(20(23,24)25)29-18(26-14)16(22)17(27-29)19(30)28-9-3-1-2-4-10-28/h5-8,11H,1-4,9-10H2. The van der Waals surface area contributed by atoms with E-state index in [0.29, 0.717) is 28.2 Å². The summed E-state index contributed by atoms with van der Waals surface area (Å²) in [5.74, 6) is -0.478. The molecular weight excluding hydrogens is 440 g/mol. The Morgan fingerprint density at radius 2 is 1.63 bits per heavy atom. The highest BCUT2D eigenvalue weighted by atomic mass is 35.5. The van der Waals surface area contributed by atoms with E-state index in [-0.39, 0.29) is 22.1 Å². The zero-order chi connectivity index (χ0) is 21.5. The van der Waals surface area contributed by atoms with Crippen molar-refractivity contribution in [1.82, 2.24) is 19.5 Å². The molecular formula is C20H17Cl2F3N4O. The predicted molar refractivity (Wildman–Crippen MR) is 108 cm³/mol. The fourth-order valence-electron chi connectivity index (χ4n) is 3.52. The van der Waals surface area contributed by atoms with E-state index in [0.717, 1.165) is 31.7 Å². The van der Waals surface area contributed by atoms with Crippen LogP contribution in [0.15, 0.2) is 30.3 Å². The van der Waals surface area contributed by atoms with Gasteiger partial charge in [0.1, 0.15) is 5.02 Å². The van der Waals surface area contributed by atoms with Crippen LogP contribution in [0, 0.1) is 0 Å². The molecule has 3 aromatic rings. The van der Waals surface area contributed by atoms with Crippen LogP contribution in [0.4, 0.5) is 13.2 Å². The van der Waals surface area contributed by atoms with E-state index >= 15 is 0 Å². The molecule has 10 heteroatoms. The molecule has 0 unspecified atom stereocenters. The Bertz CT molecular complexity index is 1090. The molecule has 3 heterocycles. The van der Waals surface area contributed by atoms with E-state index in [1.165, 1.54) is 0 Å². The van der Waals surface area contributed by atoms with Crippen LogP contribution in [0.25, 0.3) is 16.9 Å². The first-order valence-electron chi connectivity index (χ1n) is 9.47. The van der Waals surface area contributed by atoms with Crippen LogP contribution in [0.1, 0.15) is 41.9 Å². The summed E-state index contributed by atoms with van der Waals surface area (Å²) >= 11 is 12.2. The maximum absolute atomic E-state index is 13.8. The number of alkyl halides is 3. The number of benzene rings is 1. The second-order valence-electron chi connectivity index (χ2n) is 7.14. The number of likely N-dealkylation sites (tertiary alicyclic amines) is 1. The number of carbonyl (C=O) groups excluding carboxylic acids is 1. The van der Waals surface area contributed by atoms with Crippen LogP contribution in [-0.2, 0) is 6.18 Å². The Morgan fingerprint density at radius 1 is 1.00 bits per heavy atom. The molecule has 4 rings (SSSR count). The molecule has 0 radical (unpaired) electrons. The number of hydrogen-bond acceptors (Lipinski definition) is 3. The molecule has 1 amide bonds. The van der Waals surface area contributed by atoms with Gasteiger partial charge in [-0.2, -0.15) is 18.3 Å². The van der Waals surface area contributed by atoms with Crippen molar-refractivity contribution in [3.05, 3.63) is 51.8 Å². The van der Waals surface area contributed by atoms with Gasteiger partial charge in [-0.1, -0.05) is 48.2 Å². The number of carbonyl (C=O) groups is 1. The first-order chi connectivity index (χ1) is 14.3. The van der Waals surface area contributed by atoms with Crippen molar-refractivity contribution < 1.29 is 18.0 Å². The monoisotopic (exact) mass is 456 g/mol. The number of halogens is 5. The minimum atomic E-state index is -4.72. The van der Waals surface area contributed by atoms with Crippen LogP contribution in [-0.4, -0.2) is 38.5 Å². The summed E-state index contributed by atoms with van der Waals surface area (Å²) in [4.78, 5) is 18.8. The van der Waals surface area contributed by atoms with E-state index < -0.39 is 17.8 Å². The van der Waals surface area contributed by atoms with E-state index in [1.807, 2.05) is 0 Å². The largest absolute Gasteiger partial charge is 0.433 e. The smallest absolute Gasteiger partial charge is 0.337 e. The van der Waals surface area contributed by atoms with Gasteiger partial charge in [0.05, 0.1) is 5.69 Å². The quantitative estimate of drug-likeness (QED) is 0.494. The molecule has 1 aliphatic heterocycles. The molecule has 5 nitrogen and oxygen atoms in total. The summed E-state index contributed by atoms with van der Waals surface area (Å²) in [6.45, 7) is 1.05. The molecule has 0 spiro atoms. The lowest BCUT2D eigenvalue weighted by atomic mass is 10.1. The van der Waals surface area contributed by atoms with E-state index in [9.17, 15) is 18.0 Å². The lowest BCUT2D eigenvalue weighted by molar-refractivity contribution is -0.142. The van der Waals surface area contributed by atoms with E-state index in [2.05, 4.69) is 10.1 Å². The van der Waals surface area contributed by atoms with Crippen LogP contribution in [0.2, 0.25) is 10.0 Å². The molecule has 30 heavy (non-hydrogen) atoms. The summed E-state index contributed by atoms with van der Waals surface area (Å²) in [5, 5.41) is 4.18. The number of amides is 1. The average Bonchev–Trinajstić information content (AvgIpc) is 2.88. The molecule has 0 bridgehead atoms. The highest BCUT2D eigenvalue weighted by Gasteiger charge is 2.37. The number of hydrogen-bond donors (Lipinski definition) is 0. The summed E-state index contributed by atoms with van der Waals surface area (Å²) in [6.07, 6.45) is -1.03. The predicted octanol–water partition coefficient (Wildman–Crippen LogP) is 5.74. The Labute approximate surface area is 180 Å². The van der Waals surface area contributed by atoms with Crippen molar-refractivity contribution in [2.75, 3.05) is 13.1 Å². The van der Waals surface area contributed by atoms with Crippen LogP contribution < -0.4 is 0 Å². The van der Waals surface area contributed by atoms with Crippen LogP contribution in [0.3, 0.4) is 0 Å². The Kier molecular flexibility index (Phi) is 5.63. The minimum Gasteiger partial charge on any atom is -0.337 e. The van der Waals surface area contributed by atoms with E-state index in [4.69, 9.17) is 23.2 Å². The molecule has 1 saturated heterocycles. The Hall–Kier alpha value is -2.32. The third kappa shape index (κ3) is 3.98. The van der Waals surface area contributed by atoms with Gasteiger partial charge in [-0.3, -0.25) is 4.79 Å². The number of nitrogens with zero attached hydrogens (tertiary/aromatic N) is 4. The minimum absolute atomic E-state index is 0.0575. The maximum Gasteiger partial charge on any atom is 0.433 e. The zero-order valence-electron chi connectivity index (χ0n) is 15.7. The molecule has 1 aromatic carbocycles. The fourth-order valence-corrected chi connectivity index (χ4v) is 3.89. The molecule has 2 aromatic heterocycles. The molecule has 0 saturated carbocycles. The van der Waals surface area contributed by atoms with Crippen molar-refractivity contribution in [3.63, 3.8) is 0 Å². The van der Waals surface area contributed by atoms with Crippen LogP contribution in [0.5, 0.6) is 0 Å². The summed E-state index contributed by atoms with van der Waals surface area (Å²) in [5.41, 5.74) is -0.999. The third-order valence-corrected chi connectivity index (χ3v) is 5.66. The van der Waals surface area contributed by atoms with Gasteiger partial charge < -0.3 is 4.90 Å². The van der Waals surface area contributed by atoms with Gasteiger partial charge in [0, 0.05) is 23.7 Å². The summed E-state index contributed by atoms with van der Waals surface area (Å²) in [7, 11) is 0. The normalized spacial score (nSPS) is 15.4. The number of fused-ring (bicyclic) bond motifs is 1. The Balaban J connectivity index is 1.86. The summed E-state index contributed by atoms with van der Waals surface area (Å²) < 4.78 is 41.9. The third-order valence-electron chi connectivity index (χ3n) is 5.06. The van der Waals surface area contributed by atoms with Gasteiger partial charge in [-0.25, -0.2) is 9.50 Å². The average molecular weight is 457 g/mol. The van der Waals surface area contributed by atoms with Gasteiger partial charge in [-0.05, 0) is 31.0 Å². The van der Waals surface area contributed by atoms with Gasteiger partial charge >= 0.3 is 6.18 Å². The molecule has 0 atom stereocenters. The van der Waals surface area contributed by atoms with Crippen LogP contribution >= 0.6 is 23.2 Å². The second-order valence-corrected chi connectivity index (χ2v) is 7.95.